The van der Waals surface area contributed by atoms with E-state index in [4.69, 9.17) is 0 Å². The van der Waals surface area contributed by atoms with Crippen LogP contribution in [0.5, 0.6) is 0 Å². The van der Waals surface area contributed by atoms with Crippen LogP contribution in [0.1, 0.15) is 74.9 Å². The molecule has 0 aliphatic heterocycles. The highest BCUT2D eigenvalue weighted by Gasteiger charge is 2.39. The van der Waals surface area contributed by atoms with Crippen LogP contribution in [0, 0.1) is 0 Å². The summed E-state index contributed by atoms with van der Waals surface area (Å²) in [6, 6.07) is 72.8. The quantitative estimate of drug-likeness (QED) is 0.166. The lowest BCUT2D eigenvalue weighted by Gasteiger charge is -2.24. The smallest absolute Gasteiger partial charge is 0.159 e. The molecule has 10 aromatic rings. The molecule has 0 atom stereocenters. The molecular formula is C67H52N2. The normalized spacial score (nSPS) is 14.9. The van der Waals surface area contributed by atoms with E-state index in [9.17, 15) is 0 Å². The van der Waals surface area contributed by atoms with Crippen LogP contribution in [-0.4, -0.2) is 9.97 Å². The summed E-state index contributed by atoms with van der Waals surface area (Å²) in [4.78, 5) is 9.08. The molecule has 3 aliphatic carbocycles. The molecule has 1 heterocycles. The highest BCUT2D eigenvalue weighted by molar-refractivity contribution is 5.90. The molecule has 0 radical (unpaired) electrons. The summed E-state index contributed by atoms with van der Waals surface area (Å²) in [7, 11) is 0. The van der Waals surface area contributed by atoms with Crippen LogP contribution in [0.15, 0.2) is 207 Å². The molecule has 13 rings (SSSR count). The van der Waals surface area contributed by atoms with Crippen LogP contribution in [0.3, 0.4) is 0 Å². The van der Waals surface area contributed by atoms with Crippen molar-refractivity contribution in [2.75, 3.05) is 0 Å². The monoisotopic (exact) mass is 884 g/mol. The standard InChI is InChI=1S/C67H52N2/c1-65(2)58-35-46(45-15-10-14-44(34-45)43-18-16-42(17-19-43)41-12-8-7-9-13-41)20-26-52(58)53-27-21-47(36-59(53)65)48-22-28-54-55-29-23-49(38-61(55)66(3,4)60(54)37-48)50-24-30-56-57-31-25-51(64-68-32-11-33-69-64)40-63(57)67(5,6)62(56)39-50/h7-40H,1-6H3. The van der Waals surface area contributed by atoms with E-state index in [-0.39, 0.29) is 16.2 Å². The number of aromatic nitrogens is 2. The summed E-state index contributed by atoms with van der Waals surface area (Å²) in [6.07, 6.45) is 3.63. The van der Waals surface area contributed by atoms with Gasteiger partial charge in [0.2, 0.25) is 0 Å². The van der Waals surface area contributed by atoms with E-state index >= 15 is 0 Å². The zero-order chi connectivity index (χ0) is 46.8. The molecule has 0 spiro atoms. The summed E-state index contributed by atoms with van der Waals surface area (Å²) in [5.74, 6) is 0.763. The van der Waals surface area contributed by atoms with Crippen molar-refractivity contribution in [3.8, 4) is 100 Å². The minimum Gasteiger partial charge on any atom is -0.237 e. The van der Waals surface area contributed by atoms with Crippen LogP contribution in [-0.2, 0) is 16.2 Å². The van der Waals surface area contributed by atoms with Gasteiger partial charge in [-0.25, -0.2) is 9.97 Å². The third-order valence-corrected chi connectivity index (χ3v) is 16.0. The van der Waals surface area contributed by atoms with E-state index in [1.165, 1.54) is 122 Å². The molecule has 69 heavy (non-hydrogen) atoms. The minimum absolute atomic E-state index is 0.153. The molecule has 2 heteroatoms. The molecule has 0 amide bonds. The molecule has 0 saturated carbocycles. The van der Waals surface area contributed by atoms with Gasteiger partial charge in [0.1, 0.15) is 0 Å². The van der Waals surface area contributed by atoms with Crippen molar-refractivity contribution < 1.29 is 0 Å². The van der Waals surface area contributed by atoms with E-state index in [1.54, 1.807) is 0 Å². The van der Waals surface area contributed by atoms with E-state index in [0.29, 0.717) is 0 Å². The van der Waals surface area contributed by atoms with Gasteiger partial charge in [-0.15, -0.1) is 0 Å². The van der Waals surface area contributed by atoms with E-state index in [2.05, 4.69) is 240 Å². The summed E-state index contributed by atoms with van der Waals surface area (Å²) >= 11 is 0. The van der Waals surface area contributed by atoms with Crippen LogP contribution < -0.4 is 0 Å². The molecule has 2 nitrogen and oxygen atoms in total. The molecule has 0 saturated heterocycles. The van der Waals surface area contributed by atoms with E-state index < -0.39 is 0 Å². The lowest BCUT2D eigenvalue weighted by molar-refractivity contribution is 0.659. The predicted octanol–water partition coefficient (Wildman–Crippen LogP) is 17.4. The molecule has 0 unspecified atom stereocenters. The largest absolute Gasteiger partial charge is 0.237 e. The maximum Gasteiger partial charge on any atom is 0.159 e. The van der Waals surface area contributed by atoms with Crippen molar-refractivity contribution >= 4 is 0 Å². The highest BCUT2D eigenvalue weighted by atomic mass is 14.8. The molecule has 1 aromatic heterocycles. The second kappa shape index (κ2) is 15.0. The SMILES string of the molecule is CC1(C)c2cc(-c3cccc(-c4ccc(-c5ccccc5)cc4)c3)ccc2-c2ccc(-c3ccc4c(c3)C(C)(C)c3cc(-c5ccc6c(c5)C(C)(C)c5cc(-c7ncccn7)ccc5-6)ccc3-4)cc21. The fraction of sp³-hybridized carbons (Fsp3) is 0.134. The molecule has 9 aromatic carbocycles. The first-order valence-electron chi connectivity index (χ1n) is 24.4. The zero-order valence-electron chi connectivity index (χ0n) is 40.0. The maximum atomic E-state index is 4.54. The van der Waals surface area contributed by atoms with Gasteiger partial charge in [0.15, 0.2) is 5.82 Å². The molecule has 0 N–H and O–H groups in total. The van der Waals surface area contributed by atoms with Crippen LogP contribution in [0.4, 0.5) is 0 Å². The van der Waals surface area contributed by atoms with Crippen LogP contribution in [0.25, 0.3) is 100 Å². The topological polar surface area (TPSA) is 25.8 Å². The summed E-state index contributed by atoms with van der Waals surface area (Å²) < 4.78 is 0. The third kappa shape index (κ3) is 6.39. The van der Waals surface area contributed by atoms with Crippen molar-refractivity contribution in [1.29, 1.82) is 0 Å². The Bertz CT molecular complexity index is 3720. The number of benzene rings is 9. The van der Waals surface area contributed by atoms with Crippen molar-refractivity contribution in [3.05, 3.63) is 240 Å². The predicted molar refractivity (Wildman–Crippen MR) is 287 cm³/mol. The molecule has 0 bridgehead atoms. The number of hydrogen-bond donors (Lipinski definition) is 0. The van der Waals surface area contributed by atoms with E-state index in [1.807, 2.05) is 18.5 Å². The first kappa shape index (κ1) is 41.3. The van der Waals surface area contributed by atoms with Crippen molar-refractivity contribution in [3.63, 3.8) is 0 Å². The van der Waals surface area contributed by atoms with Crippen LogP contribution in [0.2, 0.25) is 0 Å². The van der Waals surface area contributed by atoms with Crippen molar-refractivity contribution in [2.24, 2.45) is 0 Å². The van der Waals surface area contributed by atoms with Crippen molar-refractivity contribution in [2.45, 2.75) is 57.8 Å². The summed E-state index contributed by atoms with van der Waals surface area (Å²) in [5, 5.41) is 0. The van der Waals surface area contributed by atoms with Gasteiger partial charge < -0.3 is 0 Å². The highest BCUT2D eigenvalue weighted by Crippen LogP contribution is 2.55. The first-order valence-corrected chi connectivity index (χ1v) is 24.4. The fourth-order valence-corrected chi connectivity index (χ4v) is 12.1. The Morgan fingerprint density at radius 1 is 0.232 bits per heavy atom. The molecule has 0 fully saturated rings. The number of nitrogens with zero attached hydrogens (tertiary/aromatic N) is 2. The van der Waals surface area contributed by atoms with Gasteiger partial charge in [0.05, 0.1) is 0 Å². The molecule has 330 valence electrons. The average Bonchev–Trinajstić information content (AvgIpc) is 3.87. The first-order chi connectivity index (χ1) is 33.4. The van der Waals surface area contributed by atoms with Gasteiger partial charge in [-0.1, -0.05) is 187 Å². The fourth-order valence-electron chi connectivity index (χ4n) is 12.1. The van der Waals surface area contributed by atoms with Gasteiger partial charge in [0.25, 0.3) is 0 Å². The maximum absolute atomic E-state index is 4.54. The number of rotatable bonds is 6. The van der Waals surface area contributed by atoms with Gasteiger partial charge in [-0.3, -0.25) is 0 Å². The number of hydrogen-bond acceptors (Lipinski definition) is 2. The second-order valence-corrected chi connectivity index (χ2v) is 21.0. The van der Waals surface area contributed by atoms with Gasteiger partial charge in [-0.05, 0) is 171 Å². The van der Waals surface area contributed by atoms with Crippen molar-refractivity contribution in [1.82, 2.24) is 9.97 Å². The minimum atomic E-state index is -0.162. The average molecular weight is 885 g/mol. The van der Waals surface area contributed by atoms with Gasteiger partial charge in [-0.2, -0.15) is 0 Å². The second-order valence-electron chi connectivity index (χ2n) is 21.0. The van der Waals surface area contributed by atoms with Gasteiger partial charge in [0, 0.05) is 34.2 Å². The Kier molecular flexibility index (Phi) is 8.99. The summed E-state index contributed by atoms with van der Waals surface area (Å²) in [5.41, 5.74) is 29.2. The third-order valence-electron chi connectivity index (χ3n) is 16.0. The Labute approximate surface area is 406 Å². The Morgan fingerprint density at radius 2 is 0.493 bits per heavy atom. The Balaban J connectivity index is 0.776. The zero-order valence-corrected chi connectivity index (χ0v) is 40.0. The van der Waals surface area contributed by atoms with E-state index in [0.717, 1.165) is 11.4 Å². The summed E-state index contributed by atoms with van der Waals surface area (Å²) in [6.45, 7) is 14.3. The lowest BCUT2D eigenvalue weighted by Crippen LogP contribution is -2.16. The molecule has 3 aliphatic rings. The number of fused-ring (bicyclic) bond motifs is 9. The van der Waals surface area contributed by atoms with Gasteiger partial charge >= 0.3 is 0 Å². The Morgan fingerprint density at radius 3 is 0.870 bits per heavy atom. The Hall–Kier alpha value is -7.94. The van der Waals surface area contributed by atoms with Crippen LogP contribution >= 0.6 is 0 Å². The lowest BCUT2D eigenvalue weighted by atomic mass is 9.79. The molecular weight excluding hydrogens is 833 g/mol.